The van der Waals surface area contributed by atoms with E-state index in [-0.39, 0.29) is 17.7 Å². The molecule has 5 nitrogen and oxygen atoms in total. The molecule has 3 N–H and O–H groups in total. The molecule has 1 atom stereocenters. The zero-order valence-electron chi connectivity index (χ0n) is 12.4. The number of nitrogens with one attached hydrogen (secondary N) is 3. The number of amides is 2. The summed E-state index contributed by atoms with van der Waals surface area (Å²) in [6.45, 7) is 4.18. The summed E-state index contributed by atoms with van der Waals surface area (Å²) in [5, 5.41) is 9.00. The zero-order valence-corrected chi connectivity index (χ0v) is 12.4. The fourth-order valence-electron chi connectivity index (χ4n) is 2.38. The summed E-state index contributed by atoms with van der Waals surface area (Å²) < 4.78 is 0. The Morgan fingerprint density at radius 1 is 1.38 bits per heavy atom. The van der Waals surface area contributed by atoms with Gasteiger partial charge in [-0.05, 0) is 18.6 Å². The Morgan fingerprint density at radius 3 is 2.90 bits per heavy atom. The lowest BCUT2D eigenvalue weighted by molar-refractivity contribution is -0.119. The fourth-order valence-corrected chi connectivity index (χ4v) is 2.38. The molecule has 0 aliphatic carbocycles. The van der Waals surface area contributed by atoms with Gasteiger partial charge in [0.15, 0.2) is 0 Å². The van der Waals surface area contributed by atoms with Gasteiger partial charge in [-0.2, -0.15) is 0 Å². The first-order chi connectivity index (χ1) is 10.2. The second-order valence-electron chi connectivity index (χ2n) is 5.41. The van der Waals surface area contributed by atoms with Gasteiger partial charge in [0.2, 0.25) is 5.91 Å². The van der Waals surface area contributed by atoms with Crippen LogP contribution in [0.1, 0.15) is 36.5 Å². The molecule has 1 fully saturated rings. The lowest BCUT2D eigenvalue weighted by Gasteiger charge is -2.13. The summed E-state index contributed by atoms with van der Waals surface area (Å²) in [5.41, 5.74) is 1.52. The highest BCUT2D eigenvalue weighted by Crippen LogP contribution is 2.15. The van der Waals surface area contributed by atoms with Crippen LogP contribution < -0.4 is 16.0 Å². The number of hydrogen-bond donors (Lipinski definition) is 3. The third-order valence-corrected chi connectivity index (χ3v) is 3.63. The summed E-state index contributed by atoms with van der Waals surface area (Å²) in [7, 11) is 0. The molecule has 0 radical (unpaired) electrons. The highest BCUT2D eigenvalue weighted by molar-refractivity contribution is 5.99. The molecule has 1 aliphatic rings. The van der Waals surface area contributed by atoms with E-state index >= 15 is 0 Å². The SMILES string of the molecule is CCCCNc1ccccc1C(=O)NCC1CNC(=O)C1. The minimum absolute atomic E-state index is 0.0656. The van der Waals surface area contributed by atoms with E-state index in [9.17, 15) is 9.59 Å². The highest BCUT2D eigenvalue weighted by atomic mass is 16.2. The lowest BCUT2D eigenvalue weighted by atomic mass is 10.1. The van der Waals surface area contributed by atoms with Crippen molar-refractivity contribution in [3.8, 4) is 0 Å². The van der Waals surface area contributed by atoms with Gasteiger partial charge in [-0.15, -0.1) is 0 Å². The van der Waals surface area contributed by atoms with Crippen LogP contribution in [0.2, 0.25) is 0 Å². The van der Waals surface area contributed by atoms with Crippen molar-refractivity contribution in [2.24, 2.45) is 5.92 Å². The average Bonchev–Trinajstić information content (AvgIpc) is 2.91. The van der Waals surface area contributed by atoms with E-state index in [0.717, 1.165) is 25.1 Å². The number of rotatable bonds is 7. The molecule has 2 rings (SSSR count). The molecule has 0 aromatic heterocycles. The predicted octanol–water partition coefficient (Wildman–Crippen LogP) is 1.76. The van der Waals surface area contributed by atoms with Crippen molar-refractivity contribution in [3.05, 3.63) is 29.8 Å². The van der Waals surface area contributed by atoms with E-state index in [2.05, 4.69) is 22.9 Å². The van der Waals surface area contributed by atoms with Crippen LogP contribution >= 0.6 is 0 Å². The summed E-state index contributed by atoms with van der Waals surface area (Å²) in [5.74, 6) is 0.173. The second-order valence-corrected chi connectivity index (χ2v) is 5.41. The number of para-hydroxylation sites is 1. The van der Waals surface area contributed by atoms with E-state index in [1.165, 1.54) is 0 Å². The molecule has 0 spiro atoms. The van der Waals surface area contributed by atoms with Crippen molar-refractivity contribution in [1.29, 1.82) is 0 Å². The van der Waals surface area contributed by atoms with Crippen LogP contribution in [0.3, 0.4) is 0 Å². The Bertz CT molecular complexity index is 502. The van der Waals surface area contributed by atoms with Crippen molar-refractivity contribution < 1.29 is 9.59 Å². The third-order valence-electron chi connectivity index (χ3n) is 3.63. The number of benzene rings is 1. The maximum absolute atomic E-state index is 12.3. The smallest absolute Gasteiger partial charge is 0.253 e. The first-order valence-corrected chi connectivity index (χ1v) is 7.58. The van der Waals surface area contributed by atoms with E-state index in [4.69, 9.17) is 0 Å². The van der Waals surface area contributed by atoms with E-state index in [1.807, 2.05) is 24.3 Å². The molecule has 1 heterocycles. The van der Waals surface area contributed by atoms with Crippen LogP contribution in [-0.2, 0) is 4.79 Å². The first-order valence-electron chi connectivity index (χ1n) is 7.58. The highest BCUT2D eigenvalue weighted by Gasteiger charge is 2.22. The van der Waals surface area contributed by atoms with Crippen LogP contribution in [0.25, 0.3) is 0 Å². The van der Waals surface area contributed by atoms with Gasteiger partial charge in [0, 0.05) is 37.7 Å². The van der Waals surface area contributed by atoms with Gasteiger partial charge in [-0.25, -0.2) is 0 Å². The van der Waals surface area contributed by atoms with Crippen molar-refractivity contribution in [2.75, 3.05) is 25.0 Å². The number of hydrogen-bond acceptors (Lipinski definition) is 3. The van der Waals surface area contributed by atoms with Crippen molar-refractivity contribution in [2.45, 2.75) is 26.2 Å². The van der Waals surface area contributed by atoms with Crippen molar-refractivity contribution in [1.82, 2.24) is 10.6 Å². The van der Waals surface area contributed by atoms with E-state index in [1.54, 1.807) is 0 Å². The predicted molar refractivity (Wildman–Crippen MR) is 83.3 cm³/mol. The number of unbranched alkanes of at least 4 members (excludes halogenated alkanes) is 1. The van der Waals surface area contributed by atoms with E-state index in [0.29, 0.717) is 25.1 Å². The van der Waals surface area contributed by atoms with Gasteiger partial charge in [-0.1, -0.05) is 25.5 Å². The molecule has 5 heteroatoms. The lowest BCUT2D eigenvalue weighted by Crippen LogP contribution is -2.30. The molecule has 1 aromatic rings. The third kappa shape index (κ3) is 4.48. The normalized spacial score (nSPS) is 17.4. The van der Waals surface area contributed by atoms with Crippen LogP contribution in [0, 0.1) is 5.92 Å². The minimum Gasteiger partial charge on any atom is -0.384 e. The minimum atomic E-state index is -0.0889. The van der Waals surface area contributed by atoms with Gasteiger partial charge in [-0.3, -0.25) is 9.59 Å². The van der Waals surface area contributed by atoms with Crippen LogP contribution in [0.5, 0.6) is 0 Å². The van der Waals surface area contributed by atoms with E-state index < -0.39 is 0 Å². The molecule has 0 bridgehead atoms. The quantitative estimate of drug-likeness (QED) is 0.670. The molecule has 1 aromatic carbocycles. The van der Waals surface area contributed by atoms with Crippen LogP contribution in [0.4, 0.5) is 5.69 Å². The number of carbonyl (C=O) groups is 2. The summed E-state index contributed by atoms with van der Waals surface area (Å²) in [6.07, 6.45) is 2.69. The summed E-state index contributed by atoms with van der Waals surface area (Å²) in [6, 6.07) is 7.53. The summed E-state index contributed by atoms with van der Waals surface area (Å²) in [4.78, 5) is 23.4. The second kappa shape index (κ2) is 7.67. The first kappa shape index (κ1) is 15.4. The van der Waals surface area contributed by atoms with Crippen molar-refractivity contribution >= 4 is 17.5 Å². The maximum atomic E-state index is 12.3. The average molecular weight is 289 g/mol. The van der Waals surface area contributed by atoms with Crippen molar-refractivity contribution in [3.63, 3.8) is 0 Å². The molecule has 21 heavy (non-hydrogen) atoms. The number of carbonyl (C=O) groups excluding carboxylic acids is 2. The topological polar surface area (TPSA) is 70.2 Å². The Labute approximate surface area is 125 Å². The monoisotopic (exact) mass is 289 g/mol. The molecule has 2 amide bonds. The fraction of sp³-hybridized carbons (Fsp3) is 0.500. The largest absolute Gasteiger partial charge is 0.384 e. The molecular weight excluding hydrogens is 266 g/mol. The van der Waals surface area contributed by atoms with Gasteiger partial charge in [0.05, 0.1) is 5.56 Å². The molecular formula is C16H23N3O2. The molecule has 1 saturated heterocycles. The van der Waals surface area contributed by atoms with Gasteiger partial charge >= 0.3 is 0 Å². The molecule has 114 valence electrons. The standard InChI is InChI=1S/C16H23N3O2/c1-2-3-8-17-14-7-5-4-6-13(14)16(21)19-11-12-9-15(20)18-10-12/h4-7,12,17H,2-3,8-11H2,1H3,(H,18,20)(H,19,21). The van der Waals surface area contributed by atoms with Gasteiger partial charge in [0.1, 0.15) is 0 Å². The Morgan fingerprint density at radius 2 is 2.19 bits per heavy atom. The Balaban J connectivity index is 1.90. The van der Waals surface area contributed by atoms with Crippen LogP contribution in [0.15, 0.2) is 24.3 Å². The molecule has 0 saturated carbocycles. The molecule has 1 aliphatic heterocycles. The zero-order chi connectivity index (χ0) is 15.1. The maximum Gasteiger partial charge on any atom is 0.253 e. The van der Waals surface area contributed by atoms with Crippen LogP contribution in [-0.4, -0.2) is 31.4 Å². The molecule has 1 unspecified atom stereocenters. The Hall–Kier alpha value is -2.04. The van der Waals surface area contributed by atoms with Gasteiger partial charge < -0.3 is 16.0 Å². The van der Waals surface area contributed by atoms with Gasteiger partial charge in [0.25, 0.3) is 5.91 Å². The number of anilines is 1. The Kier molecular flexibility index (Phi) is 5.60. The summed E-state index contributed by atoms with van der Waals surface area (Å²) >= 11 is 0.